The molecule has 0 aromatic carbocycles. The first-order valence-electron chi connectivity index (χ1n) is 5.99. The van der Waals surface area contributed by atoms with Crippen molar-refractivity contribution in [2.75, 3.05) is 0 Å². The van der Waals surface area contributed by atoms with E-state index in [0.717, 1.165) is 35.5 Å². The summed E-state index contributed by atoms with van der Waals surface area (Å²) in [6, 6.07) is 0.580. The van der Waals surface area contributed by atoms with Gasteiger partial charge in [0.1, 0.15) is 0 Å². The monoisotopic (exact) mass is 179 g/mol. The van der Waals surface area contributed by atoms with Crippen LogP contribution in [-0.2, 0) is 0 Å². The maximum absolute atomic E-state index is 6.16. The van der Waals surface area contributed by atoms with E-state index in [0.29, 0.717) is 6.04 Å². The van der Waals surface area contributed by atoms with Crippen LogP contribution < -0.4 is 5.73 Å². The highest BCUT2D eigenvalue weighted by Gasteiger charge is 2.69. The van der Waals surface area contributed by atoms with Crippen molar-refractivity contribution >= 4 is 0 Å². The third kappa shape index (κ3) is 0.918. The fraction of sp³-hybridized carbons (Fsp3) is 1.00. The van der Waals surface area contributed by atoms with Gasteiger partial charge in [0.25, 0.3) is 0 Å². The smallest absolute Gasteiger partial charge is 0.0104 e. The summed E-state index contributed by atoms with van der Waals surface area (Å²) >= 11 is 0. The van der Waals surface area contributed by atoms with Crippen molar-refractivity contribution in [2.24, 2.45) is 41.2 Å². The summed E-state index contributed by atoms with van der Waals surface area (Å²) in [6.45, 7) is 4.69. The molecule has 1 heteroatoms. The summed E-state index contributed by atoms with van der Waals surface area (Å²) in [5.41, 5.74) is 6.16. The maximum Gasteiger partial charge on any atom is 0.0104 e. The molecule has 0 amide bonds. The number of hydrogen-bond donors (Lipinski definition) is 1. The van der Waals surface area contributed by atoms with Gasteiger partial charge in [0.05, 0.1) is 0 Å². The molecular weight excluding hydrogens is 158 g/mol. The molecule has 0 aromatic rings. The first-order chi connectivity index (χ1) is 6.24. The topological polar surface area (TPSA) is 26.0 Å². The lowest BCUT2D eigenvalue weighted by Gasteiger charge is -2.33. The third-order valence-corrected chi connectivity index (χ3v) is 5.05. The van der Waals surface area contributed by atoms with Crippen LogP contribution in [0.1, 0.15) is 33.1 Å². The summed E-state index contributed by atoms with van der Waals surface area (Å²) in [5, 5.41) is 0. The number of fused-ring (bicyclic) bond motifs is 1. The number of nitrogens with two attached hydrogens (primary N) is 1. The third-order valence-electron chi connectivity index (χ3n) is 5.05. The molecule has 0 bridgehead atoms. The van der Waals surface area contributed by atoms with Gasteiger partial charge in [-0.05, 0) is 48.3 Å². The van der Waals surface area contributed by atoms with E-state index in [-0.39, 0.29) is 0 Å². The minimum Gasteiger partial charge on any atom is -0.327 e. The largest absolute Gasteiger partial charge is 0.327 e. The minimum atomic E-state index is 0.580. The SMILES string of the molecule is CCC1C2C(C3CC(C)C3)[C@@H]2[C@@H]1N. The van der Waals surface area contributed by atoms with Crippen molar-refractivity contribution < 1.29 is 0 Å². The van der Waals surface area contributed by atoms with E-state index < -0.39 is 0 Å². The molecule has 3 fully saturated rings. The Morgan fingerprint density at radius 1 is 1.15 bits per heavy atom. The molecule has 3 aliphatic carbocycles. The van der Waals surface area contributed by atoms with Crippen molar-refractivity contribution in [3.8, 4) is 0 Å². The van der Waals surface area contributed by atoms with Crippen LogP contribution in [0.2, 0.25) is 0 Å². The lowest BCUT2D eigenvalue weighted by molar-refractivity contribution is 0.176. The predicted molar refractivity (Wildman–Crippen MR) is 54.1 cm³/mol. The van der Waals surface area contributed by atoms with Gasteiger partial charge in [-0.15, -0.1) is 0 Å². The van der Waals surface area contributed by atoms with Crippen molar-refractivity contribution in [1.29, 1.82) is 0 Å². The molecule has 13 heavy (non-hydrogen) atoms. The Hall–Kier alpha value is -0.0400. The molecule has 0 heterocycles. The summed E-state index contributed by atoms with van der Waals surface area (Å²) in [7, 11) is 0. The van der Waals surface area contributed by atoms with E-state index >= 15 is 0 Å². The van der Waals surface area contributed by atoms with Crippen molar-refractivity contribution in [2.45, 2.75) is 39.2 Å². The van der Waals surface area contributed by atoms with E-state index in [1.807, 2.05) is 0 Å². The van der Waals surface area contributed by atoms with Gasteiger partial charge < -0.3 is 5.73 Å². The molecule has 3 unspecified atom stereocenters. The summed E-state index contributed by atoms with van der Waals surface area (Å²) in [5.74, 6) is 6.08. The molecule has 5 atom stereocenters. The summed E-state index contributed by atoms with van der Waals surface area (Å²) < 4.78 is 0. The van der Waals surface area contributed by atoms with Crippen molar-refractivity contribution in [3.05, 3.63) is 0 Å². The van der Waals surface area contributed by atoms with E-state index in [2.05, 4.69) is 13.8 Å². The first-order valence-corrected chi connectivity index (χ1v) is 5.99. The Kier molecular flexibility index (Phi) is 1.59. The quantitative estimate of drug-likeness (QED) is 0.691. The zero-order valence-corrected chi connectivity index (χ0v) is 8.74. The molecule has 2 N–H and O–H groups in total. The van der Waals surface area contributed by atoms with Gasteiger partial charge in [-0.25, -0.2) is 0 Å². The molecular formula is C12H21N. The fourth-order valence-electron chi connectivity index (χ4n) is 4.32. The molecule has 0 radical (unpaired) electrons. The van der Waals surface area contributed by atoms with Crippen LogP contribution in [0.5, 0.6) is 0 Å². The first kappa shape index (κ1) is 8.28. The molecule has 3 aliphatic rings. The summed E-state index contributed by atoms with van der Waals surface area (Å²) in [6.07, 6.45) is 4.32. The normalized spacial score (nSPS) is 63.5. The molecule has 1 nitrogen and oxygen atoms in total. The van der Waals surface area contributed by atoms with E-state index in [9.17, 15) is 0 Å². The highest BCUT2D eigenvalue weighted by molar-refractivity contribution is 5.19. The number of hydrogen-bond acceptors (Lipinski definition) is 1. The van der Waals surface area contributed by atoms with Gasteiger partial charge in [0.15, 0.2) is 0 Å². The average molecular weight is 179 g/mol. The second-order valence-electron chi connectivity index (χ2n) is 5.72. The van der Waals surface area contributed by atoms with Gasteiger partial charge in [-0.1, -0.05) is 20.3 Å². The van der Waals surface area contributed by atoms with Gasteiger partial charge in [-0.3, -0.25) is 0 Å². The van der Waals surface area contributed by atoms with Gasteiger partial charge in [0, 0.05) is 6.04 Å². The van der Waals surface area contributed by atoms with E-state index in [4.69, 9.17) is 5.73 Å². The molecule has 0 saturated heterocycles. The number of rotatable bonds is 2. The Morgan fingerprint density at radius 2 is 1.85 bits per heavy atom. The fourth-order valence-corrected chi connectivity index (χ4v) is 4.32. The van der Waals surface area contributed by atoms with Crippen molar-refractivity contribution in [1.82, 2.24) is 0 Å². The highest BCUT2D eigenvalue weighted by atomic mass is 14.9. The van der Waals surface area contributed by atoms with Gasteiger partial charge >= 0.3 is 0 Å². The van der Waals surface area contributed by atoms with Crippen LogP contribution in [0.25, 0.3) is 0 Å². The lowest BCUT2D eigenvalue weighted by Crippen LogP contribution is -2.42. The molecule has 0 aromatic heterocycles. The standard InChI is InChI=1S/C12H21N/c1-3-8-10-9(11(10)12(8)13)7-4-6(2)5-7/h6-12H,3-5,13H2,1-2H3/t6?,7?,8?,9?,10?,11-,12+/m0/s1. The van der Waals surface area contributed by atoms with E-state index in [1.54, 1.807) is 0 Å². The highest BCUT2D eigenvalue weighted by Crippen LogP contribution is 2.70. The summed E-state index contributed by atoms with van der Waals surface area (Å²) in [4.78, 5) is 0. The van der Waals surface area contributed by atoms with Crippen LogP contribution >= 0.6 is 0 Å². The maximum atomic E-state index is 6.16. The van der Waals surface area contributed by atoms with Crippen LogP contribution in [0.4, 0.5) is 0 Å². The molecule has 74 valence electrons. The lowest BCUT2D eigenvalue weighted by atomic mass is 9.73. The Labute approximate surface area is 81.1 Å². The predicted octanol–water partition coefficient (Wildman–Crippen LogP) is 2.26. The van der Waals surface area contributed by atoms with Crippen LogP contribution in [0.3, 0.4) is 0 Å². The molecule has 0 aliphatic heterocycles. The Balaban J connectivity index is 1.60. The molecule has 3 saturated carbocycles. The molecule has 0 spiro atoms. The minimum absolute atomic E-state index is 0.580. The van der Waals surface area contributed by atoms with Crippen LogP contribution in [0.15, 0.2) is 0 Å². The molecule has 3 rings (SSSR count). The van der Waals surface area contributed by atoms with Gasteiger partial charge in [0.2, 0.25) is 0 Å². The van der Waals surface area contributed by atoms with E-state index in [1.165, 1.54) is 19.3 Å². The van der Waals surface area contributed by atoms with Crippen LogP contribution in [0, 0.1) is 35.5 Å². The van der Waals surface area contributed by atoms with Crippen molar-refractivity contribution in [3.63, 3.8) is 0 Å². The Bertz CT molecular complexity index is 217. The second kappa shape index (κ2) is 2.50. The second-order valence-corrected chi connectivity index (χ2v) is 5.72. The Morgan fingerprint density at radius 3 is 2.31 bits per heavy atom. The van der Waals surface area contributed by atoms with Gasteiger partial charge in [-0.2, -0.15) is 0 Å². The van der Waals surface area contributed by atoms with Crippen LogP contribution in [-0.4, -0.2) is 6.04 Å². The zero-order chi connectivity index (χ0) is 9.16. The average Bonchev–Trinajstić information content (AvgIpc) is 2.69. The zero-order valence-electron chi connectivity index (χ0n) is 8.74.